The molecule has 3 nitrogen and oxygen atoms in total. The second kappa shape index (κ2) is 7.56. The van der Waals surface area contributed by atoms with Crippen LogP contribution in [0.25, 0.3) is 0 Å². The van der Waals surface area contributed by atoms with E-state index in [2.05, 4.69) is 19.2 Å². The molecular formula is C15H23NO2S. The minimum absolute atomic E-state index is 0.0226. The number of amides is 1. The lowest BCUT2D eigenvalue weighted by molar-refractivity contribution is 0.0907. The zero-order valence-corrected chi connectivity index (χ0v) is 12.9. The molecule has 0 bridgehead atoms. The van der Waals surface area contributed by atoms with Gasteiger partial charge in [0, 0.05) is 10.5 Å². The van der Waals surface area contributed by atoms with Crippen LogP contribution in [0.3, 0.4) is 0 Å². The molecule has 0 aromatic heterocycles. The molecule has 1 aromatic rings. The second-order valence-corrected chi connectivity index (χ2v) is 6.04. The number of aryl methyl sites for hydroxylation is 1. The van der Waals surface area contributed by atoms with E-state index in [-0.39, 0.29) is 18.6 Å². The van der Waals surface area contributed by atoms with Gasteiger partial charge in [-0.15, -0.1) is 11.8 Å². The van der Waals surface area contributed by atoms with Crippen molar-refractivity contribution in [3.8, 4) is 0 Å². The summed E-state index contributed by atoms with van der Waals surface area (Å²) in [5, 5.41) is 12.2. The minimum Gasteiger partial charge on any atom is -0.394 e. The number of hydrogen-bond acceptors (Lipinski definition) is 3. The van der Waals surface area contributed by atoms with Crippen LogP contribution in [0, 0.1) is 12.8 Å². The standard InChI is InChI=1S/C15H23NO2S/c1-10(2)7-12(9-17)16-15(18)14-8-13(19-4)6-5-11(14)3/h5-6,8,10,12,17H,7,9H2,1-4H3,(H,16,18). The highest BCUT2D eigenvalue weighted by atomic mass is 32.2. The lowest BCUT2D eigenvalue weighted by Gasteiger charge is -2.19. The molecule has 0 saturated carbocycles. The van der Waals surface area contributed by atoms with Gasteiger partial charge in [0.15, 0.2) is 0 Å². The first kappa shape index (κ1) is 16.1. The molecule has 0 aliphatic carbocycles. The summed E-state index contributed by atoms with van der Waals surface area (Å²) in [4.78, 5) is 13.3. The Balaban J connectivity index is 2.81. The van der Waals surface area contributed by atoms with Gasteiger partial charge in [0.1, 0.15) is 0 Å². The van der Waals surface area contributed by atoms with Crippen molar-refractivity contribution in [1.82, 2.24) is 5.32 Å². The van der Waals surface area contributed by atoms with Crippen LogP contribution in [0.4, 0.5) is 0 Å². The molecule has 106 valence electrons. The fourth-order valence-electron chi connectivity index (χ4n) is 1.98. The van der Waals surface area contributed by atoms with Crippen molar-refractivity contribution in [2.45, 2.75) is 38.1 Å². The van der Waals surface area contributed by atoms with Gasteiger partial charge in [-0.2, -0.15) is 0 Å². The Hall–Kier alpha value is -1.00. The van der Waals surface area contributed by atoms with Gasteiger partial charge in [-0.1, -0.05) is 19.9 Å². The number of thioether (sulfide) groups is 1. The molecule has 1 amide bonds. The van der Waals surface area contributed by atoms with E-state index in [0.717, 1.165) is 16.9 Å². The third-order valence-electron chi connectivity index (χ3n) is 3.00. The van der Waals surface area contributed by atoms with Crippen molar-refractivity contribution in [1.29, 1.82) is 0 Å². The molecule has 0 fully saturated rings. The maximum atomic E-state index is 12.3. The molecule has 1 atom stereocenters. The smallest absolute Gasteiger partial charge is 0.251 e. The zero-order chi connectivity index (χ0) is 14.4. The molecule has 0 spiro atoms. The van der Waals surface area contributed by atoms with Gasteiger partial charge in [0.05, 0.1) is 12.6 Å². The normalized spacial score (nSPS) is 12.5. The van der Waals surface area contributed by atoms with Crippen molar-refractivity contribution in [2.75, 3.05) is 12.9 Å². The van der Waals surface area contributed by atoms with Gasteiger partial charge in [-0.3, -0.25) is 4.79 Å². The molecule has 0 radical (unpaired) electrons. The fourth-order valence-corrected chi connectivity index (χ4v) is 2.42. The highest BCUT2D eigenvalue weighted by Gasteiger charge is 2.16. The van der Waals surface area contributed by atoms with Crippen LogP contribution in [0.1, 0.15) is 36.2 Å². The van der Waals surface area contributed by atoms with Crippen molar-refractivity contribution in [3.63, 3.8) is 0 Å². The summed E-state index contributed by atoms with van der Waals surface area (Å²) in [6.07, 6.45) is 2.77. The predicted octanol–water partition coefficient (Wildman–Crippen LogP) is 2.85. The first-order valence-corrected chi connectivity index (χ1v) is 7.76. The van der Waals surface area contributed by atoms with E-state index in [0.29, 0.717) is 11.5 Å². The van der Waals surface area contributed by atoms with Crippen LogP contribution in [0.2, 0.25) is 0 Å². The summed E-state index contributed by atoms with van der Waals surface area (Å²) in [6, 6.07) is 5.69. The van der Waals surface area contributed by atoms with Crippen LogP contribution in [0.5, 0.6) is 0 Å². The van der Waals surface area contributed by atoms with Crippen LogP contribution >= 0.6 is 11.8 Å². The molecule has 0 aliphatic heterocycles. The summed E-state index contributed by atoms with van der Waals surface area (Å²) >= 11 is 1.61. The van der Waals surface area contributed by atoms with E-state index < -0.39 is 0 Å². The highest BCUT2D eigenvalue weighted by Crippen LogP contribution is 2.19. The van der Waals surface area contributed by atoms with Crippen LogP contribution in [-0.4, -0.2) is 29.9 Å². The van der Waals surface area contributed by atoms with E-state index in [9.17, 15) is 9.90 Å². The molecule has 0 saturated heterocycles. The molecular weight excluding hydrogens is 258 g/mol. The Bertz CT molecular complexity index is 432. The summed E-state index contributed by atoms with van der Waals surface area (Å²) in [7, 11) is 0. The monoisotopic (exact) mass is 281 g/mol. The van der Waals surface area contributed by atoms with Crippen molar-refractivity contribution in [3.05, 3.63) is 29.3 Å². The number of aliphatic hydroxyl groups excluding tert-OH is 1. The number of nitrogens with one attached hydrogen (secondary N) is 1. The lowest BCUT2D eigenvalue weighted by atomic mass is 10.0. The Morgan fingerprint density at radius 1 is 1.42 bits per heavy atom. The van der Waals surface area contributed by atoms with E-state index in [4.69, 9.17) is 0 Å². The number of rotatable bonds is 6. The van der Waals surface area contributed by atoms with E-state index in [1.807, 2.05) is 31.4 Å². The zero-order valence-electron chi connectivity index (χ0n) is 12.1. The van der Waals surface area contributed by atoms with Crippen molar-refractivity contribution >= 4 is 17.7 Å². The van der Waals surface area contributed by atoms with E-state index in [1.54, 1.807) is 11.8 Å². The van der Waals surface area contributed by atoms with E-state index in [1.165, 1.54) is 0 Å². The average molecular weight is 281 g/mol. The summed E-state index contributed by atoms with van der Waals surface area (Å²) in [5.74, 6) is 0.337. The number of carbonyl (C=O) groups excluding carboxylic acids is 1. The average Bonchev–Trinajstić information content (AvgIpc) is 2.37. The molecule has 19 heavy (non-hydrogen) atoms. The second-order valence-electron chi connectivity index (χ2n) is 5.16. The lowest BCUT2D eigenvalue weighted by Crippen LogP contribution is -2.38. The van der Waals surface area contributed by atoms with Crippen LogP contribution < -0.4 is 5.32 Å². The SMILES string of the molecule is CSc1ccc(C)c(C(=O)NC(CO)CC(C)C)c1. The molecule has 0 aliphatic rings. The topological polar surface area (TPSA) is 49.3 Å². The van der Waals surface area contributed by atoms with Gasteiger partial charge < -0.3 is 10.4 Å². The Morgan fingerprint density at radius 2 is 2.11 bits per heavy atom. The van der Waals surface area contributed by atoms with Crippen LogP contribution in [0.15, 0.2) is 23.1 Å². The van der Waals surface area contributed by atoms with Gasteiger partial charge >= 0.3 is 0 Å². The summed E-state index contributed by atoms with van der Waals surface area (Å²) in [6.45, 7) is 6.06. The number of aliphatic hydroxyl groups is 1. The molecule has 1 unspecified atom stereocenters. The largest absolute Gasteiger partial charge is 0.394 e. The van der Waals surface area contributed by atoms with E-state index >= 15 is 0 Å². The predicted molar refractivity (Wildman–Crippen MR) is 80.8 cm³/mol. The maximum absolute atomic E-state index is 12.3. The van der Waals surface area contributed by atoms with Crippen LogP contribution in [-0.2, 0) is 0 Å². The molecule has 0 heterocycles. The quantitative estimate of drug-likeness (QED) is 0.788. The van der Waals surface area contributed by atoms with Gasteiger partial charge in [-0.25, -0.2) is 0 Å². The molecule has 1 aromatic carbocycles. The number of hydrogen-bond donors (Lipinski definition) is 2. The van der Waals surface area contributed by atoms with Crippen molar-refractivity contribution < 1.29 is 9.90 Å². The number of carbonyl (C=O) groups is 1. The Morgan fingerprint density at radius 3 is 2.63 bits per heavy atom. The van der Waals surface area contributed by atoms with Gasteiger partial charge in [0.25, 0.3) is 5.91 Å². The Labute approximate surface area is 119 Å². The molecule has 4 heteroatoms. The van der Waals surface area contributed by atoms with Crippen molar-refractivity contribution in [2.24, 2.45) is 5.92 Å². The van der Waals surface area contributed by atoms with Gasteiger partial charge in [-0.05, 0) is 43.2 Å². The van der Waals surface area contributed by atoms with Gasteiger partial charge in [0.2, 0.25) is 0 Å². The minimum atomic E-state index is -0.176. The molecule has 2 N–H and O–H groups in total. The first-order valence-electron chi connectivity index (χ1n) is 6.54. The molecule has 1 rings (SSSR count). The third-order valence-corrected chi connectivity index (χ3v) is 3.73. The maximum Gasteiger partial charge on any atom is 0.251 e. The summed E-state index contributed by atoms with van der Waals surface area (Å²) < 4.78 is 0. The number of benzene rings is 1. The third kappa shape index (κ3) is 4.88. The highest BCUT2D eigenvalue weighted by molar-refractivity contribution is 7.98. The summed E-state index contributed by atoms with van der Waals surface area (Å²) in [5.41, 5.74) is 1.64. The Kier molecular flexibility index (Phi) is 6.38. The fraction of sp³-hybridized carbons (Fsp3) is 0.533. The first-order chi connectivity index (χ1) is 8.97.